The highest BCUT2D eigenvalue weighted by Gasteiger charge is 2.14. The minimum atomic E-state index is -3.23. The topological polar surface area (TPSA) is 64.6 Å². The second kappa shape index (κ2) is 7.50. The maximum atomic E-state index is 11.8. The van der Waals surface area contributed by atoms with Gasteiger partial charge in [0.2, 0.25) is 10.0 Å². The number of rotatable bonds is 8. The van der Waals surface area contributed by atoms with Crippen molar-refractivity contribution in [2.24, 2.45) is 0 Å². The molecule has 0 aliphatic carbocycles. The summed E-state index contributed by atoms with van der Waals surface area (Å²) in [5, 5.41) is 0. The Morgan fingerprint density at radius 3 is 2.45 bits per heavy atom. The fraction of sp³-hybridized carbons (Fsp3) is 0.571. The maximum absolute atomic E-state index is 11.8. The third kappa shape index (κ3) is 4.38. The van der Waals surface area contributed by atoms with Crippen LogP contribution in [0.15, 0.2) is 12.1 Å². The summed E-state index contributed by atoms with van der Waals surface area (Å²) in [6, 6.07) is 3.63. The van der Waals surface area contributed by atoms with E-state index in [-0.39, 0.29) is 12.3 Å². The zero-order valence-corrected chi connectivity index (χ0v) is 13.3. The Bertz CT molecular complexity index is 540. The molecule has 1 rings (SSSR count). The minimum absolute atomic E-state index is 0.154. The lowest BCUT2D eigenvalue weighted by atomic mass is 10.1. The van der Waals surface area contributed by atoms with Gasteiger partial charge in [0.25, 0.3) is 0 Å². The van der Waals surface area contributed by atoms with Crippen LogP contribution in [0.1, 0.15) is 30.9 Å². The SMILES string of the molecule is CCCCS(=O)(=O)NCc1ccc(OC)c(C)c1OC. The van der Waals surface area contributed by atoms with Gasteiger partial charge in [-0.25, -0.2) is 13.1 Å². The Morgan fingerprint density at radius 1 is 1.20 bits per heavy atom. The largest absolute Gasteiger partial charge is 0.496 e. The lowest BCUT2D eigenvalue weighted by molar-refractivity contribution is 0.385. The molecule has 0 atom stereocenters. The highest BCUT2D eigenvalue weighted by Crippen LogP contribution is 2.31. The smallest absolute Gasteiger partial charge is 0.211 e. The monoisotopic (exact) mass is 301 g/mol. The molecule has 5 nitrogen and oxygen atoms in total. The van der Waals surface area contributed by atoms with E-state index >= 15 is 0 Å². The Morgan fingerprint density at radius 2 is 1.90 bits per heavy atom. The Labute approximate surface area is 121 Å². The zero-order valence-electron chi connectivity index (χ0n) is 12.5. The number of sulfonamides is 1. The molecule has 0 radical (unpaired) electrons. The van der Waals surface area contributed by atoms with Crippen LogP contribution in [0, 0.1) is 6.92 Å². The lowest BCUT2D eigenvalue weighted by Gasteiger charge is -2.15. The number of methoxy groups -OCH3 is 2. The van der Waals surface area contributed by atoms with Gasteiger partial charge in [-0.1, -0.05) is 19.4 Å². The molecule has 0 amide bonds. The molecule has 0 spiro atoms. The number of hydrogen-bond donors (Lipinski definition) is 1. The van der Waals surface area contributed by atoms with E-state index in [1.54, 1.807) is 14.2 Å². The molecular weight excluding hydrogens is 278 g/mol. The first-order chi connectivity index (χ1) is 9.45. The molecule has 0 aliphatic rings. The molecule has 0 bridgehead atoms. The van der Waals surface area contributed by atoms with Gasteiger partial charge >= 0.3 is 0 Å². The summed E-state index contributed by atoms with van der Waals surface area (Å²) in [5.74, 6) is 1.53. The Kier molecular flexibility index (Phi) is 6.29. The van der Waals surface area contributed by atoms with Crippen LogP contribution in [0.4, 0.5) is 0 Å². The van der Waals surface area contributed by atoms with Crippen LogP contribution in [-0.2, 0) is 16.6 Å². The molecule has 0 unspecified atom stereocenters. The Hall–Kier alpha value is -1.27. The standard InChI is InChI=1S/C14H23NO4S/c1-5-6-9-20(16,17)15-10-12-7-8-13(18-3)11(2)14(12)19-4/h7-8,15H,5-6,9-10H2,1-4H3. The highest BCUT2D eigenvalue weighted by atomic mass is 32.2. The predicted molar refractivity (Wildman–Crippen MR) is 79.8 cm³/mol. The third-order valence-corrected chi connectivity index (χ3v) is 4.52. The fourth-order valence-corrected chi connectivity index (χ4v) is 3.16. The molecule has 0 aromatic heterocycles. The molecule has 20 heavy (non-hydrogen) atoms. The minimum Gasteiger partial charge on any atom is -0.496 e. The summed E-state index contributed by atoms with van der Waals surface area (Å²) in [7, 11) is -0.0738. The van der Waals surface area contributed by atoms with Crippen LogP contribution in [0.5, 0.6) is 11.5 Å². The summed E-state index contributed by atoms with van der Waals surface area (Å²) in [6.45, 7) is 4.07. The van der Waals surface area contributed by atoms with Crippen LogP contribution < -0.4 is 14.2 Å². The number of hydrogen-bond acceptors (Lipinski definition) is 4. The van der Waals surface area contributed by atoms with Crippen molar-refractivity contribution in [3.8, 4) is 11.5 Å². The van der Waals surface area contributed by atoms with Crippen molar-refractivity contribution >= 4 is 10.0 Å². The van der Waals surface area contributed by atoms with Crippen molar-refractivity contribution < 1.29 is 17.9 Å². The number of benzene rings is 1. The molecule has 1 aromatic carbocycles. The van der Waals surface area contributed by atoms with Gasteiger partial charge in [-0.05, 0) is 19.4 Å². The van der Waals surface area contributed by atoms with Crippen molar-refractivity contribution in [1.29, 1.82) is 0 Å². The van der Waals surface area contributed by atoms with Crippen LogP contribution in [-0.4, -0.2) is 28.4 Å². The molecule has 0 aliphatic heterocycles. The van der Waals surface area contributed by atoms with Gasteiger partial charge in [-0.3, -0.25) is 0 Å². The van der Waals surface area contributed by atoms with E-state index in [0.29, 0.717) is 12.2 Å². The molecule has 114 valence electrons. The molecule has 0 saturated heterocycles. The first kappa shape index (κ1) is 16.8. The van der Waals surface area contributed by atoms with Crippen molar-refractivity contribution in [2.45, 2.75) is 33.2 Å². The lowest BCUT2D eigenvalue weighted by Crippen LogP contribution is -2.26. The summed E-state index contributed by atoms with van der Waals surface area (Å²) in [4.78, 5) is 0. The molecular formula is C14H23NO4S. The molecule has 1 aromatic rings. The molecule has 6 heteroatoms. The molecule has 0 fully saturated rings. The maximum Gasteiger partial charge on any atom is 0.211 e. The van der Waals surface area contributed by atoms with E-state index in [4.69, 9.17) is 9.47 Å². The second-order valence-corrected chi connectivity index (χ2v) is 6.51. The van der Waals surface area contributed by atoms with Crippen molar-refractivity contribution in [3.63, 3.8) is 0 Å². The van der Waals surface area contributed by atoms with Crippen LogP contribution in [0.25, 0.3) is 0 Å². The molecule has 0 saturated carbocycles. The first-order valence-corrected chi connectivity index (χ1v) is 8.28. The van der Waals surface area contributed by atoms with Crippen LogP contribution in [0.2, 0.25) is 0 Å². The van der Waals surface area contributed by atoms with Gasteiger partial charge in [0, 0.05) is 17.7 Å². The van der Waals surface area contributed by atoms with E-state index in [1.807, 2.05) is 26.0 Å². The molecule has 0 heterocycles. The van der Waals surface area contributed by atoms with Crippen molar-refractivity contribution in [3.05, 3.63) is 23.3 Å². The third-order valence-electron chi connectivity index (χ3n) is 3.11. The van der Waals surface area contributed by atoms with Gasteiger partial charge < -0.3 is 9.47 Å². The van der Waals surface area contributed by atoms with Gasteiger partial charge in [-0.15, -0.1) is 0 Å². The highest BCUT2D eigenvalue weighted by molar-refractivity contribution is 7.89. The first-order valence-electron chi connectivity index (χ1n) is 6.63. The van der Waals surface area contributed by atoms with Crippen LogP contribution >= 0.6 is 0 Å². The predicted octanol–water partition coefficient (Wildman–Crippen LogP) is 2.23. The van der Waals surface area contributed by atoms with E-state index < -0.39 is 10.0 Å². The van der Waals surface area contributed by atoms with E-state index in [0.717, 1.165) is 23.3 Å². The average molecular weight is 301 g/mol. The summed E-state index contributed by atoms with van der Waals surface area (Å²) >= 11 is 0. The van der Waals surface area contributed by atoms with Crippen molar-refractivity contribution in [1.82, 2.24) is 4.72 Å². The summed E-state index contributed by atoms with van der Waals surface area (Å²) < 4.78 is 36.8. The summed E-state index contributed by atoms with van der Waals surface area (Å²) in [5.41, 5.74) is 1.66. The fourth-order valence-electron chi connectivity index (χ4n) is 1.97. The van der Waals surface area contributed by atoms with Gasteiger partial charge in [0.1, 0.15) is 11.5 Å². The van der Waals surface area contributed by atoms with Gasteiger partial charge in [0.15, 0.2) is 0 Å². The van der Waals surface area contributed by atoms with Gasteiger partial charge in [-0.2, -0.15) is 0 Å². The van der Waals surface area contributed by atoms with Gasteiger partial charge in [0.05, 0.1) is 20.0 Å². The van der Waals surface area contributed by atoms with Crippen molar-refractivity contribution in [2.75, 3.05) is 20.0 Å². The van der Waals surface area contributed by atoms with E-state index in [2.05, 4.69) is 4.72 Å². The number of ether oxygens (including phenoxy) is 2. The second-order valence-electron chi connectivity index (χ2n) is 4.58. The summed E-state index contributed by atoms with van der Waals surface area (Å²) in [6.07, 6.45) is 1.51. The van der Waals surface area contributed by atoms with E-state index in [9.17, 15) is 8.42 Å². The molecule has 1 N–H and O–H groups in total. The normalized spacial score (nSPS) is 11.4. The number of unbranched alkanes of at least 4 members (excludes halogenated alkanes) is 1. The quantitative estimate of drug-likeness (QED) is 0.799. The zero-order chi connectivity index (χ0) is 15.2. The van der Waals surface area contributed by atoms with E-state index in [1.165, 1.54) is 0 Å². The Balaban J connectivity index is 2.86. The average Bonchev–Trinajstić information content (AvgIpc) is 2.43. The number of nitrogens with one attached hydrogen (secondary N) is 1. The van der Waals surface area contributed by atoms with Crippen LogP contribution in [0.3, 0.4) is 0 Å².